The predicted molar refractivity (Wildman–Crippen MR) is 98.5 cm³/mol. The molecule has 0 amide bonds. The summed E-state index contributed by atoms with van der Waals surface area (Å²) in [5, 5.41) is 18.5. The number of ketones is 1. The van der Waals surface area contributed by atoms with E-state index in [-0.39, 0.29) is 18.6 Å². The van der Waals surface area contributed by atoms with Crippen LogP contribution in [0.25, 0.3) is 0 Å². The van der Waals surface area contributed by atoms with Gasteiger partial charge in [0.15, 0.2) is 0 Å². The summed E-state index contributed by atoms with van der Waals surface area (Å²) in [6.07, 6.45) is 1.10. The molecule has 2 N–H and O–H groups in total. The average molecular weight is 396 g/mol. The van der Waals surface area contributed by atoms with Crippen molar-refractivity contribution in [2.45, 2.75) is 110 Å². The average Bonchev–Trinajstić information content (AvgIpc) is 2.53. The number of aliphatic carboxylic acids is 1. The highest BCUT2D eigenvalue weighted by Crippen LogP contribution is 2.32. The molecule has 0 spiro atoms. The third-order valence-electron chi connectivity index (χ3n) is 5.23. The lowest BCUT2D eigenvalue weighted by molar-refractivity contribution is -0.137. The molecule has 0 aromatic rings. The van der Waals surface area contributed by atoms with Crippen molar-refractivity contribution in [1.29, 1.82) is 0 Å². The maximum absolute atomic E-state index is 12.1. The van der Waals surface area contributed by atoms with E-state index in [0.717, 1.165) is 25.7 Å². The first kappa shape index (κ1) is 25.9. The molecule has 0 radical (unpaired) electrons. The van der Waals surface area contributed by atoms with Gasteiger partial charge in [0.2, 0.25) is 0 Å². The summed E-state index contributed by atoms with van der Waals surface area (Å²) in [6.45, 7) is 3.49. The van der Waals surface area contributed by atoms with Crippen molar-refractivity contribution in [2.24, 2.45) is 5.41 Å². The normalized spacial score (nSPS) is 15.3. The Morgan fingerprint density at radius 2 is 1.37 bits per heavy atom. The highest BCUT2D eigenvalue weighted by atomic mass is 19.4. The minimum Gasteiger partial charge on any atom is -0.481 e. The minimum absolute atomic E-state index is 0.0353. The summed E-state index contributed by atoms with van der Waals surface area (Å²) in [5.41, 5.74) is -0.456. The van der Waals surface area contributed by atoms with Crippen LogP contribution in [0, 0.1) is 5.41 Å². The molecule has 0 aliphatic carbocycles. The van der Waals surface area contributed by atoms with E-state index in [1.165, 1.54) is 0 Å². The molecule has 2 atom stereocenters. The van der Waals surface area contributed by atoms with Gasteiger partial charge in [0.05, 0.1) is 6.10 Å². The van der Waals surface area contributed by atoms with E-state index in [9.17, 15) is 27.9 Å². The molecule has 0 aromatic carbocycles. The summed E-state index contributed by atoms with van der Waals surface area (Å²) < 4.78 is 36.2. The van der Waals surface area contributed by atoms with Crippen molar-refractivity contribution in [3.05, 3.63) is 0 Å². The Labute approximate surface area is 160 Å². The molecule has 0 fully saturated rings. The van der Waals surface area contributed by atoms with Gasteiger partial charge in [-0.15, -0.1) is 0 Å². The summed E-state index contributed by atoms with van der Waals surface area (Å²) in [5.74, 6) is -0.687. The number of carbonyl (C=O) groups excluding carboxylic acids is 1. The van der Waals surface area contributed by atoms with E-state index in [1.54, 1.807) is 6.92 Å². The lowest BCUT2D eigenvalue weighted by Gasteiger charge is -2.27. The van der Waals surface area contributed by atoms with Crippen LogP contribution < -0.4 is 0 Å². The van der Waals surface area contributed by atoms with Gasteiger partial charge in [-0.3, -0.25) is 9.59 Å². The van der Waals surface area contributed by atoms with E-state index in [2.05, 4.69) is 0 Å². The standard InChI is InChI=1S/C20H35F3O4/c1-16(24)19(2,13-7-4-3-5-12-18(26)27)14-9-11-17(25)10-6-8-15-20(21,22)23/h17,25H,3-15H2,1-2H3,(H,26,27). The number of unbranched alkanes of at least 4 members (excludes halogenated alkanes) is 4. The monoisotopic (exact) mass is 396 g/mol. The molecule has 0 rings (SSSR count). The van der Waals surface area contributed by atoms with Gasteiger partial charge in [-0.1, -0.05) is 32.6 Å². The van der Waals surface area contributed by atoms with Crippen molar-refractivity contribution in [3.63, 3.8) is 0 Å². The lowest BCUT2D eigenvalue weighted by Crippen LogP contribution is -2.26. The van der Waals surface area contributed by atoms with Crippen LogP contribution in [0.15, 0.2) is 0 Å². The fourth-order valence-corrected chi connectivity index (χ4v) is 3.20. The number of Topliss-reactive ketones (excluding diaryl/α,β-unsaturated/α-hetero) is 1. The number of aliphatic hydroxyl groups excluding tert-OH is 1. The van der Waals surface area contributed by atoms with Gasteiger partial charge in [-0.25, -0.2) is 0 Å². The first-order valence-corrected chi connectivity index (χ1v) is 9.94. The van der Waals surface area contributed by atoms with Crippen LogP contribution in [0.2, 0.25) is 0 Å². The number of carbonyl (C=O) groups is 2. The number of carboxylic acid groups (broad SMARTS) is 1. The van der Waals surface area contributed by atoms with E-state index < -0.39 is 30.1 Å². The SMILES string of the molecule is CC(=O)C(C)(CCCCCCC(=O)O)CCCC(O)CCCCC(F)(F)F. The smallest absolute Gasteiger partial charge is 0.389 e. The molecule has 0 saturated carbocycles. The second-order valence-electron chi connectivity index (χ2n) is 7.83. The van der Waals surface area contributed by atoms with Gasteiger partial charge in [0.25, 0.3) is 0 Å². The summed E-state index contributed by atoms with van der Waals surface area (Å²) >= 11 is 0. The Hall–Kier alpha value is -1.11. The van der Waals surface area contributed by atoms with Gasteiger partial charge in [0, 0.05) is 18.3 Å². The van der Waals surface area contributed by atoms with Gasteiger partial charge in [-0.2, -0.15) is 13.2 Å². The molecule has 2 unspecified atom stereocenters. The molecule has 4 nitrogen and oxygen atoms in total. The Morgan fingerprint density at radius 3 is 1.93 bits per heavy atom. The van der Waals surface area contributed by atoms with Crippen LogP contribution in [-0.2, 0) is 9.59 Å². The maximum atomic E-state index is 12.1. The van der Waals surface area contributed by atoms with Crippen molar-refractivity contribution in [1.82, 2.24) is 0 Å². The molecule has 0 aliphatic heterocycles. The lowest BCUT2D eigenvalue weighted by atomic mass is 9.76. The van der Waals surface area contributed by atoms with E-state index >= 15 is 0 Å². The topological polar surface area (TPSA) is 74.6 Å². The highest BCUT2D eigenvalue weighted by Gasteiger charge is 2.29. The van der Waals surface area contributed by atoms with Gasteiger partial charge >= 0.3 is 12.1 Å². The number of hydrogen-bond donors (Lipinski definition) is 2. The second kappa shape index (κ2) is 13.1. The number of carboxylic acids is 1. The number of rotatable bonds is 16. The van der Waals surface area contributed by atoms with Crippen LogP contribution in [0.3, 0.4) is 0 Å². The Balaban J connectivity index is 4.01. The van der Waals surface area contributed by atoms with Crippen LogP contribution >= 0.6 is 0 Å². The molecule has 160 valence electrons. The highest BCUT2D eigenvalue weighted by molar-refractivity contribution is 5.81. The quantitative estimate of drug-likeness (QED) is 0.330. The van der Waals surface area contributed by atoms with Gasteiger partial charge in [-0.05, 0) is 51.9 Å². The van der Waals surface area contributed by atoms with Crippen LogP contribution in [0.5, 0.6) is 0 Å². The first-order chi connectivity index (χ1) is 12.5. The van der Waals surface area contributed by atoms with Gasteiger partial charge < -0.3 is 10.2 Å². The Morgan fingerprint density at radius 1 is 0.852 bits per heavy atom. The van der Waals surface area contributed by atoms with Crippen molar-refractivity contribution in [2.75, 3.05) is 0 Å². The number of alkyl halides is 3. The summed E-state index contributed by atoms with van der Waals surface area (Å²) in [6, 6.07) is 0. The zero-order valence-corrected chi connectivity index (χ0v) is 16.6. The van der Waals surface area contributed by atoms with E-state index in [1.807, 2.05) is 6.92 Å². The van der Waals surface area contributed by atoms with E-state index in [4.69, 9.17) is 5.11 Å². The van der Waals surface area contributed by atoms with Crippen molar-refractivity contribution >= 4 is 11.8 Å². The summed E-state index contributed by atoms with van der Waals surface area (Å²) in [4.78, 5) is 22.5. The van der Waals surface area contributed by atoms with Gasteiger partial charge in [0.1, 0.15) is 5.78 Å². The second-order valence-corrected chi connectivity index (χ2v) is 7.83. The zero-order chi connectivity index (χ0) is 20.9. The molecule has 7 heteroatoms. The van der Waals surface area contributed by atoms with Crippen molar-refractivity contribution in [3.8, 4) is 0 Å². The molecule has 0 bridgehead atoms. The molecular weight excluding hydrogens is 361 g/mol. The maximum Gasteiger partial charge on any atom is 0.389 e. The Kier molecular flexibility index (Phi) is 12.6. The number of hydrogen-bond acceptors (Lipinski definition) is 3. The largest absolute Gasteiger partial charge is 0.481 e. The third kappa shape index (κ3) is 14.6. The third-order valence-corrected chi connectivity index (χ3v) is 5.23. The van der Waals surface area contributed by atoms with E-state index in [0.29, 0.717) is 38.5 Å². The Bertz CT molecular complexity index is 437. The number of halogens is 3. The minimum atomic E-state index is -4.14. The predicted octanol–water partition coefficient (Wildman–Crippen LogP) is 5.66. The van der Waals surface area contributed by atoms with Crippen LogP contribution in [0.4, 0.5) is 13.2 Å². The zero-order valence-electron chi connectivity index (χ0n) is 16.6. The number of aliphatic hydroxyl groups is 1. The molecule has 0 saturated heterocycles. The van der Waals surface area contributed by atoms with Crippen LogP contribution in [0.1, 0.15) is 97.3 Å². The van der Waals surface area contributed by atoms with Crippen LogP contribution in [-0.4, -0.2) is 34.2 Å². The fourth-order valence-electron chi connectivity index (χ4n) is 3.20. The summed E-state index contributed by atoms with van der Waals surface area (Å²) in [7, 11) is 0. The first-order valence-electron chi connectivity index (χ1n) is 9.94. The fraction of sp³-hybridized carbons (Fsp3) is 0.900. The molecule has 0 aromatic heterocycles. The van der Waals surface area contributed by atoms with Crippen molar-refractivity contribution < 1.29 is 33.0 Å². The molecule has 27 heavy (non-hydrogen) atoms. The molecule has 0 heterocycles. The molecular formula is C20H35F3O4. The molecule has 0 aliphatic rings.